The highest BCUT2D eigenvalue weighted by Gasteiger charge is 2.42. The monoisotopic (exact) mass is 514 g/mol. The van der Waals surface area contributed by atoms with Gasteiger partial charge < -0.3 is 10.1 Å². The highest BCUT2D eigenvalue weighted by molar-refractivity contribution is 6.35. The van der Waals surface area contributed by atoms with Crippen LogP contribution in [0.1, 0.15) is 28.8 Å². The molecule has 0 saturated heterocycles. The quantitative estimate of drug-likeness (QED) is 0.301. The van der Waals surface area contributed by atoms with Crippen molar-refractivity contribution in [1.82, 2.24) is 14.8 Å². The normalized spacial score (nSPS) is 18.7. The van der Waals surface area contributed by atoms with Crippen LogP contribution in [-0.4, -0.2) is 14.8 Å². The minimum atomic E-state index is -0.527. The van der Waals surface area contributed by atoms with Crippen LogP contribution >= 0.6 is 46.4 Å². The average Bonchev–Trinajstić information content (AvgIpc) is 3.26. The fourth-order valence-corrected chi connectivity index (χ4v) is 5.43. The lowest BCUT2D eigenvalue weighted by molar-refractivity contribution is 0.223. The molecular weight excluding hydrogens is 502 g/mol. The van der Waals surface area contributed by atoms with Gasteiger partial charge in [-0.3, -0.25) is 0 Å². The number of aromatic nitrogens is 3. The Morgan fingerprint density at radius 1 is 0.848 bits per heavy atom. The molecule has 2 aliphatic heterocycles. The maximum Gasteiger partial charge on any atom is 0.226 e. The predicted molar refractivity (Wildman–Crippen MR) is 131 cm³/mol. The fraction of sp³-hybridized carbons (Fsp3) is 0.0833. The summed E-state index contributed by atoms with van der Waals surface area (Å²) in [6.07, 6.45) is 0.982. The van der Waals surface area contributed by atoms with Gasteiger partial charge >= 0.3 is 0 Å². The van der Waals surface area contributed by atoms with Crippen molar-refractivity contribution in [3.63, 3.8) is 0 Å². The van der Waals surface area contributed by atoms with Gasteiger partial charge in [0.1, 0.15) is 18.1 Å². The van der Waals surface area contributed by atoms with Gasteiger partial charge in [0.25, 0.3) is 0 Å². The van der Waals surface area contributed by atoms with E-state index in [1.165, 1.54) is 6.33 Å². The van der Waals surface area contributed by atoms with Gasteiger partial charge in [0.05, 0.1) is 5.70 Å². The molecule has 2 atom stereocenters. The number of benzene rings is 3. The van der Waals surface area contributed by atoms with E-state index in [2.05, 4.69) is 15.4 Å². The van der Waals surface area contributed by atoms with E-state index >= 15 is 0 Å². The molecule has 33 heavy (non-hydrogen) atoms. The Labute approximate surface area is 209 Å². The van der Waals surface area contributed by atoms with Gasteiger partial charge in [-0.1, -0.05) is 70.7 Å². The number of para-hydroxylation sites is 1. The average molecular weight is 516 g/mol. The molecule has 0 radical (unpaired) electrons. The highest BCUT2D eigenvalue weighted by atomic mass is 35.5. The zero-order chi connectivity index (χ0) is 22.7. The standard InChI is InChI=1S/C24H14Cl4N4O/c25-12-5-7-14(17(27)9-12)22-20-21(31-24-29-11-30-32(22)24)16-3-1-2-4-19(16)33-23(20)15-8-6-13(26)10-18(15)28/h1-11,22-23H,(H,29,30,31)/t22-,23+/m0/s1. The summed E-state index contributed by atoms with van der Waals surface area (Å²) in [6, 6.07) is 18.3. The molecule has 0 aliphatic carbocycles. The molecule has 0 amide bonds. The zero-order valence-corrected chi connectivity index (χ0v) is 19.8. The Kier molecular flexibility index (Phi) is 5.03. The first-order chi connectivity index (χ1) is 16.0. The third-order valence-electron chi connectivity index (χ3n) is 5.82. The van der Waals surface area contributed by atoms with Crippen LogP contribution in [0.3, 0.4) is 0 Å². The van der Waals surface area contributed by atoms with E-state index in [9.17, 15) is 0 Å². The number of hydrogen-bond donors (Lipinski definition) is 1. The largest absolute Gasteiger partial charge is 0.480 e. The third kappa shape index (κ3) is 3.39. The lowest BCUT2D eigenvalue weighted by Gasteiger charge is -2.39. The third-order valence-corrected chi connectivity index (χ3v) is 6.95. The van der Waals surface area contributed by atoms with Gasteiger partial charge in [-0.25, -0.2) is 4.68 Å². The molecular formula is C24H14Cl4N4O. The van der Waals surface area contributed by atoms with Gasteiger partial charge in [-0.15, -0.1) is 0 Å². The van der Waals surface area contributed by atoms with E-state index < -0.39 is 12.1 Å². The van der Waals surface area contributed by atoms with Crippen molar-refractivity contribution in [2.24, 2.45) is 0 Å². The number of halogens is 4. The van der Waals surface area contributed by atoms with Crippen molar-refractivity contribution >= 4 is 58.0 Å². The van der Waals surface area contributed by atoms with Gasteiger partial charge in [0.2, 0.25) is 5.95 Å². The first-order valence-corrected chi connectivity index (χ1v) is 11.6. The Balaban J connectivity index is 1.66. The minimum Gasteiger partial charge on any atom is -0.480 e. The molecule has 1 N–H and O–H groups in total. The maximum atomic E-state index is 6.70. The molecule has 4 aromatic rings. The summed E-state index contributed by atoms with van der Waals surface area (Å²) in [7, 11) is 0. The molecule has 164 valence electrons. The highest BCUT2D eigenvalue weighted by Crippen LogP contribution is 2.52. The van der Waals surface area contributed by atoms with Crippen LogP contribution in [0.25, 0.3) is 5.70 Å². The Morgan fingerprint density at radius 3 is 2.27 bits per heavy atom. The zero-order valence-electron chi connectivity index (χ0n) is 16.8. The molecule has 3 aromatic carbocycles. The molecule has 0 fully saturated rings. The summed E-state index contributed by atoms with van der Waals surface area (Å²) < 4.78 is 8.35. The summed E-state index contributed by atoms with van der Waals surface area (Å²) in [5, 5.41) is 10.1. The second-order valence-electron chi connectivity index (χ2n) is 7.71. The molecule has 0 saturated carbocycles. The van der Waals surface area contributed by atoms with Gasteiger partial charge in [0.15, 0.2) is 6.10 Å². The SMILES string of the molecule is Clc1ccc([C@H]2C3=C(Nc4ncnn42)c2ccccc2O[C@@H]3c2ccc(Cl)cc2Cl)c(Cl)c1. The first kappa shape index (κ1) is 20.9. The number of nitrogens with zero attached hydrogens (tertiary/aromatic N) is 3. The van der Waals surface area contributed by atoms with E-state index in [-0.39, 0.29) is 0 Å². The van der Waals surface area contributed by atoms with E-state index in [0.717, 1.165) is 33.7 Å². The second-order valence-corrected chi connectivity index (χ2v) is 9.40. The van der Waals surface area contributed by atoms with Crippen molar-refractivity contribution < 1.29 is 4.74 Å². The molecule has 0 spiro atoms. The van der Waals surface area contributed by atoms with E-state index in [4.69, 9.17) is 51.1 Å². The number of ether oxygens (including phenoxy) is 1. The smallest absolute Gasteiger partial charge is 0.226 e. The van der Waals surface area contributed by atoms with Crippen LogP contribution < -0.4 is 10.1 Å². The fourth-order valence-electron chi connectivity index (χ4n) is 4.41. The maximum absolute atomic E-state index is 6.70. The van der Waals surface area contributed by atoms with Crippen molar-refractivity contribution in [3.8, 4) is 5.75 Å². The predicted octanol–water partition coefficient (Wildman–Crippen LogP) is 7.45. The number of fused-ring (bicyclic) bond motifs is 3. The van der Waals surface area contributed by atoms with Crippen LogP contribution in [0.2, 0.25) is 20.1 Å². The molecule has 3 heterocycles. The minimum absolute atomic E-state index is 0.409. The number of rotatable bonds is 2. The first-order valence-electron chi connectivity index (χ1n) is 10.1. The number of nitrogens with one attached hydrogen (secondary N) is 1. The topological polar surface area (TPSA) is 52.0 Å². The lowest BCUT2D eigenvalue weighted by atomic mass is 9.84. The van der Waals surface area contributed by atoms with Crippen molar-refractivity contribution in [3.05, 3.63) is 109 Å². The van der Waals surface area contributed by atoms with Gasteiger partial charge in [-0.05, 0) is 42.0 Å². The number of hydrogen-bond acceptors (Lipinski definition) is 4. The summed E-state index contributed by atoms with van der Waals surface area (Å²) in [5.74, 6) is 1.33. The van der Waals surface area contributed by atoms with Crippen LogP contribution in [0.5, 0.6) is 5.75 Å². The summed E-state index contributed by atoms with van der Waals surface area (Å²) in [5.41, 5.74) is 4.30. The van der Waals surface area contributed by atoms with Crippen LogP contribution in [-0.2, 0) is 0 Å². The summed E-state index contributed by atoms with van der Waals surface area (Å²) in [6.45, 7) is 0. The molecule has 1 aromatic heterocycles. The molecule has 6 rings (SSSR count). The Morgan fingerprint density at radius 2 is 1.55 bits per heavy atom. The van der Waals surface area contributed by atoms with Crippen molar-refractivity contribution in [2.75, 3.05) is 5.32 Å². The lowest BCUT2D eigenvalue weighted by Crippen LogP contribution is -2.32. The molecule has 2 aliphatic rings. The Hall–Kier alpha value is -2.70. The van der Waals surface area contributed by atoms with Crippen LogP contribution in [0.15, 0.2) is 72.6 Å². The molecule has 0 unspecified atom stereocenters. The molecule has 5 nitrogen and oxygen atoms in total. The number of anilines is 1. The van der Waals surface area contributed by atoms with Crippen LogP contribution in [0, 0.1) is 0 Å². The van der Waals surface area contributed by atoms with E-state index in [1.807, 2.05) is 42.5 Å². The van der Waals surface area contributed by atoms with Crippen LogP contribution in [0.4, 0.5) is 5.95 Å². The summed E-state index contributed by atoms with van der Waals surface area (Å²) >= 11 is 25.7. The van der Waals surface area contributed by atoms with Crippen molar-refractivity contribution in [1.29, 1.82) is 0 Å². The molecule has 0 bridgehead atoms. The van der Waals surface area contributed by atoms with Gasteiger partial charge in [0, 0.05) is 36.8 Å². The van der Waals surface area contributed by atoms with E-state index in [0.29, 0.717) is 26.0 Å². The second kappa shape index (κ2) is 7.96. The summed E-state index contributed by atoms with van der Waals surface area (Å²) in [4.78, 5) is 4.42. The van der Waals surface area contributed by atoms with Crippen molar-refractivity contribution in [2.45, 2.75) is 12.1 Å². The Bertz CT molecular complexity index is 1450. The van der Waals surface area contributed by atoms with Gasteiger partial charge in [-0.2, -0.15) is 10.1 Å². The molecule has 9 heteroatoms. The van der Waals surface area contributed by atoms with E-state index in [1.54, 1.807) is 22.9 Å².